The third-order valence-corrected chi connectivity index (χ3v) is 3.50. The molecule has 0 aliphatic rings. The number of hydrogen-bond donors (Lipinski definition) is 1. The molecule has 0 radical (unpaired) electrons. The lowest BCUT2D eigenvalue weighted by atomic mass is 10.2. The van der Waals surface area contributed by atoms with Gasteiger partial charge < -0.3 is 10.1 Å². The van der Waals surface area contributed by atoms with E-state index in [0.717, 1.165) is 10.5 Å². The topological polar surface area (TPSA) is 38.3 Å². The van der Waals surface area contributed by atoms with Crippen LogP contribution in [0.25, 0.3) is 0 Å². The molecule has 0 spiro atoms. The van der Waals surface area contributed by atoms with Crippen molar-refractivity contribution in [3.8, 4) is 0 Å². The Morgan fingerprint density at radius 1 is 1.35 bits per heavy atom. The number of aryl methyl sites for hydroxylation is 2. The quantitative estimate of drug-likeness (QED) is 0.666. The summed E-state index contributed by atoms with van der Waals surface area (Å²) < 4.78 is 39.4. The Hall–Kier alpha value is -1.37. The van der Waals surface area contributed by atoms with Gasteiger partial charge in [0.1, 0.15) is 0 Å². The van der Waals surface area contributed by atoms with Crippen molar-refractivity contribution in [2.75, 3.05) is 18.9 Å². The number of benzene rings is 1. The Morgan fingerprint density at radius 2 is 2.05 bits per heavy atom. The molecule has 0 heterocycles. The van der Waals surface area contributed by atoms with E-state index in [0.29, 0.717) is 5.75 Å². The molecule has 1 aromatic carbocycles. The highest BCUT2D eigenvalue weighted by atomic mass is 32.2. The summed E-state index contributed by atoms with van der Waals surface area (Å²) in [5.74, 6) is 0.561. The molecule has 0 unspecified atom stereocenters. The zero-order chi connectivity index (χ0) is 15.2. The molecule has 0 fully saturated rings. The van der Waals surface area contributed by atoms with Gasteiger partial charge in [-0.1, -0.05) is 17.7 Å². The Balaban J connectivity index is 2.23. The number of amides is 1. The summed E-state index contributed by atoms with van der Waals surface area (Å²) in [6.45, 7) is 2.66. The molecule has 0 aliphatic heterocycles. The number of rotatable bonds is 5. The summed E-state index contributed by atoms with van der Waals surface area (Å²) in [7, 11) is 0. The molecular formula is C13H16F3NO2S. The summed E-state index contributed by atoms with van der Waals surface area (Å²) in [6.07, 6.45) is -5.55. The number of alkyl halides is 3. The summed E-state index contributed by atoms with van der Waals surface area (Å²) in [4.78, 5) is 12.1. The maximum atomic E-state index is 11.8. The second kappa shape index (κ2) is 7.42. The van der Waals surface area contributed by atoms with Crippen LogP contribution in [0, 0.1) is 13.8 Å². The molecule has 0 atom stereocenters. The lowest BCUT2D eigenvalue weighted by Crippen LogP contribution is -2.30. The van der Waals surface area contributed by atoms with Gasteiger partial charge in [0.2, 0.25) is 0 Å². The van der Waals surface area contributed by atoms with Crippen LogP contribution in [0.15, 0.2) is 23.1 Å². The monoisotopic (exact) mass is 307 g/mol. The first-order chi connectivity index (χ1) is 9.28. The molecule has 0 bridgehead atoms. The van der Waals surface area contributed by atoms with Crippen molar-refractivity contribution in [1.82, 2.24) is 5.32 Å². The molecule has 1 N–H and O–H groups in total. The van der Waals surface area contributed by atoms with Crippen molar-refractivity contribution in [3.05, 3.63) is 29.3 Å². The van der Waals surface area contributed by atoms with Gasteiger partial charge in [-0.05, 0) is 25.5 Å². The van der Waals surface area contributed by atoms with E-state index in [1.54, 1.807) is 0 Å². The summed E-state index contributed by atoms with van der Waals surface area (Å²) in [5.41, 5.74) is 2.30. The second-order valence-corrected chi connectivity index (χ2v) is 5.37. The first-order valence-electron chi connectivity index (χ1n) is 5.95. The standard InChI is InChI=1S/C13H16F3NO2S/c1-9-3-4-11(10(2)7-9)20-6-5-17-12(18)19-8-13(14,15)16/h3-4,7H,5-6,8H2,1-2H3,(H,17,18). The number of carbonyl (C=O) groups is 1. The van der Waals surface area contributed by atoms with E-state index in [4.69, 9.17) is 0 Å². The average molecular weight is 307 g/mol. The highest BCUT2D eigenvalue weighted by Crippen LogP contribution is 2.22. The van der Waals surface area contributed by atoms with Crippen LogP contribution in [-0.2, 0) is 4.74 Å². The molecule has 20 heavy (non-hydrogen) atoms. The smallest absolute Gasteiger partial charge is 0.422 e. The van der Waals surface area contributed by atoms with Crippen molar-refractivity contribution < 1.29 is 22.7 Å². The highest BCUT2D eigenvalue weighted by molar-refractivity contribution is 7.99. The molecule has 1 rings (SSSR count). The van der Waals surface area contributed by atoms with Crippen molar-refractivity contribution >= 4 is 17.9 Å². The van der Waals surface area contributed by atoms with Crippen LogP contribution in [0.1, 0.15) is 11.1 Å². The van der Waals surface area contributed by atoms with E-state index in [1.807, 2.05) is 32.0 Å². The van der Waals surface area contributed by atoms with Crippen molar-refractivity contribution in [2.24, 2.45) is 0 Å². The van der Waals surface area contributed by atoms with Crippen LogP contribution in [0.5, 0.6) is 0 Å². The molecule has 3 nitrogen and oxygen atoms in total. The van der Waals surface area contributed by atoms with Gasteiger partial charge >= 0.3 is 12.3 Å². The fourth-order valence-corrected chi connectivity index (χ4v) is 2.35. The average Bonchev–Trinajstić information content (AvgIpc) is 2.33. The largest absolute Gasteiger partial charge is 0.440 e. The van der Waals surface area contributed by atoms with Gasteiger partial charge in [-0.25, -0.2) is 4.79 Å². The Bertz CT molecular complexity index is 463. The van der Waals surface area contributed by atoms with Crippen molar-refractivity contribution in [3.63, 3.8) is 0 Å². The Morgan fingerprint density at radius 3 is 2.65 bits per heavy atom. The fraction of sp³-hybridized carbons (Fsp3) is 0.462. The van der Waals surface area contributed by atoms with E-state index in [1.165, 1.54) is 17.3 Å². The molecule has 0 saturated carbocycles. The first kappa shape index (κ1) is 16.7. The van der Waals surface area contributed by atoms with Gasteiger partial charge in [0.25, 0.3) is 0 Å². The first-order valence-corrected chi connectivity index (χ1v) is 6.94. The molecule has 112 valence electrons. The Kier molecular flexibility index (Phi) is 6.19. The number of alkyl carbamates (subject to hydrolysis) is 1. The molecule has 7 heteroatoms. The number of ether oxygens (including phenoxy) is 1. The Labute approximate surface area is 119 Å². The predicted molar refractivity (Wildman–Crippen MR) is 72.0 cm³/mol. The SMILES string of the molecule is Cc1ccc(SCCNC(=O)OCC(F)(F)F)c(C)c1. The van der Waals surface area contributed by atoms with Crippen LogP contribution in [0.2, 0.25) is 0 Å². The third-order valence-electron chi connectivity index (χ3n) is 2.33. The second-order valence-electron chi connectivity index (χ2n) is 4.24. The van der Waals surface area contributed by atoms with Gasteiger partial charge in [0, 0.05) is 17.2 Å². The molecular weight excluding hydrogens is 291 g/mol. The van der Waals surface area contributed by atoms with E-state index in [9.17, 15) is 18.0 Å². The number of thioether (sulfide) groups is 1. The van der Waals surface area contributed by atoms with Gasteiger partial charge in [0.15, 0.2) is 6.61 Å². The van der Waals surface area contributed by atoms with Gasteiger partial charge in [0.05, 0.1) is 0 Å². The number of hydrogen-bond acceptors (Lipinski definition) is 3. The minimum atomic E-state index is -4.49. The van der Waals surface area contributed by atoms with E-state index in [-0.39, 0.29) is 6.54 Å². The molecule has 1 amide bonds. The normalized spacial score (nSPS) is 11.2. The third kappa shape index (κ3) is 6.70. The zero-order valence-electron chi connectivity index (χ0n) is 11.2. The molecule has 0 aliphatic carbocycles. The molecule has 0 saturated heterocycles. The number of carbonyl (C=O) groups excluding carboxylic acids is 1. The summed E-state index contributed by atoms with van der Waals surface area (Å²) in [5, 5.41) is 2.27. The van der Waals surface area contributed by atoms with Crippen LogP contribution in [-0.4, -0.2) is 31.2 Å². The summed E-state index contributed by atoms with van der Waals surface area (Å²) >= 11 is 1.53. The summed E-state index contributed by atoms with van der Waals surface area (Å²) in [6, 6.07) is 6.02. The lowest BCUT2D eigenvalue weighted by Gasteiger charge is -2.09. The van der Waals surface area contributed by atoms with Crippen LogP contribution in [0.4, 0.5) is 18.0 Å². The van der Waals surface area contributed by atoms with Crippen LogP contribution < -0.4 is 5.32 Å². The van der Waals surface area contributed by atoms with Gasteiger partial charge in [-0.3, -0.25) is 0 Å². The van der Waals surface area contributed by atoms with Crippen LogP contribution in [0.3, 0.4) is 0 Å². The van der Waals surface area contributed by atoms with Gasteiger partial charge in [-0.2, -0.15) is 13.2 Å². The van der Waals surface area contributed by atoms with Gasteiger partial charge in [-0.15, -0.1) is 11.8 Å². The maximum absolute atomic E-state index is 11.8. The van der Waals surface area contributed by atoms with E-state index >= 15 is 0 Å². The van der Waals surface area contributed by atoms with E-state index in [2.05, 4.69) is 10.1 Å². The maximum Gasteiger partial charge on any atom is 0.422 e. The fourth-order valence-electron chi connectivity index (χ4n) is 1.47. The predicted octanol–water partition coefficient (Wildman–Crippen LogP) is 3.68. The van der Waals surface area contributed by atoms with Crippen molar-refractivity contribution in [2.45, 2.75) is 24.9 Å². The minimum Gasteiger partial charge on any atom is -0.440 e. The van der Waals surface area contributed by atoms with Crippen LogP contribution >= 0.6 is 11.8 Å². The number of halogens is 3. The molecule has 1 aromatic rings. The van der Waals surface area contributed by atoms with E-state index < -0.39 is 18.9 Å². The highest BCUT2D eigenvalue weighted by Gasteiger charge is 2.29. The zero-order valence-corrected chi connectivity index (χ0v) is 12.0. The lowest BCUT2D eigenvalue weighted by molar-refractivity contribution is -0.160. The number of nitrogens with one attached hydrogen (secondary N) is 1. The molecule has 0 aromatic heterocycles. The minimum absolute atomic E-state index is 0.245. The van der Waals surface area contributed by atoms with Crippen molar-refractivity contribution in [1.29, 1.82) is 0 Å².